The maximum Gasteiger partial charge on any atom is 0.260 e. The zero-order valence-electron chi connectivity index (χ0n) is 20.5. The first-order chi connectivity index (χ1) is 16.8. The Balaban J connectivity index is 1.39. The lowest BCUT2D eigenvalue weighted by atomic mass is 9.92. The van der Waals surface area contributed by atoms with Crippen molar-refractivity contribution in [1.29, 1.82) is 0 Å². The molecule has 6 heteroatoms. The van der Waals surface area contributed by atoms with Crippen molar-refractivity contribution >= 4 is 17.5 Å². The number of amides is 1. The van der Waals surface area contributed by atoms with Crippen LogP contribution in [0.4, 0.5) is 4.39 Å². The van der Waals surface area contributed by atoms with E-state index in [2.05, 4.69) is 37.8 Å². The SMILES string of the molecule is CC(c1ccccc1)c1cc(Cl)ccc1OCC(=O)N1C[C@H](C)N(Cc2ccc(F)cc2)C[C@H]1C. The van der Waals surface area contributed by atoms with Crippen LogP contribution in [0, 0.1) is 5.82 Å². The number of carbonyl (C=O) groups excluding carboxylic acids is 1. The lowest BCUT2D eigenvalue weighted by Gasteiger charge is -2.44. The van der Waals surface area contributed by atoms with Gasteiger partial charge in [0.15, 0.2) is 6.61 Å². The Morgan fingerprint density at radius 3 is 2.46 bits per heavy atom. The average molecular weight is 495 g/mol. The minimum absolute atomic E-state index is 0.0227. The van der Waals surface area contributed by atoms with Gasteiger partial charge in [0.2, 0.25) is 0 Å². The molecule has 3 atom stereocenters. The largest absolute Gasteiger partial charge is 0.483 e. The summed E-state index contributed by atoms with van der Waals surface area (Å²) in [5.41, 5.74) is 3.18. The summed E-state index contributed by atoms with van der Waals surface area (Å²) >= 11 is 6.29. The molecule has 1 fully saturated rings. The molecular formula is C29H32ClFN2O2. The lowest BCUT2D eigenvalue weighted by molar-refractivity contribution is -0.139. The topological polar surface area (TPSA) is 32.8 Å². The van der Waals surface area contributed by atoms with Gasteiger partial charge in [0.05, 0.1) is 0 Å². The molecule has 4 rings (SSSR count). The Kier molecular flexibility index (Phi) is 8.09. The number of hydrogen-bond acceptors (Lipinski definition) is 3. The second-order valence-electron chi connectivity index (χ2n) is 9.40. The summed E-state index contributed by atoms with van der Waals surface area (Å²) in [5, 5.41) is 0.640. The summed E-state index contributed by atoms with van der Waals surface area (Å²) in [6, 6.07) is 22.6. The summed E-state index contributed by atoms with van der Waals surface area (Å²) in [5.74, 6) is 0.496. The first kappa shape index (κ1) is 25.2. The second kappa shape index (κ2) is 11.2. The number of ether oxygens (including phenoxy) is 1. The van der Waals surface area contributed by atoms with E-state index in [1.165, 1.54) is 12.1 Å². The molecule has 0 spiro atoms. The van der Waals surface area contributed by atoms with E-state index in [1.807, 2.05) is 47.4 Å². The number of hydrogen-bond donors (Lipinski definition) is 0. The Morgan fingerprint density at radius 1 is 1.03 bits per heavy atom. The first-order valence-corrected chi connectivity index (χ1v) is 12.4. The molecule has 0 radical (unpaired) electrons. The van der Waals surface area contributed by atoms with Crippen molar-refractivity contribution in [3.05, 3.63) is 100 Å². The third kappa shape index (κ3) is 6.22. The van der Waals surface area contributed by atoms with E-state index in [4.69, 9.17) is 16.3 Å². The molecule has 0 bridgehead atoms. The molecule has 1 saturated heterocycles. The van der Waals surface area contributed by atoms with Crippen molar-refractivity contribution in [3.63, 3.8) is 0 Å². The highest BCUT2D eigenvalue weighted by atomic mass is 35.5. The van der Waals surface area contributed by atoms with Crippen molar-refractivity contribution < 1.29 is 13.9 Å². The van der Waals surface area contributed by atoms with E-state index in [0.29, 0.717) is 17.3 Å². The summed E-state index contributed by atoms with van der Waals surface area (Å²) in [6.45, 7) is 8.38. The molecule has 3 aromatic rings. The monoisotopic (exact) mass is 494 g/mol. The van der Waals surface area contributed by atoms with E-state index >= 15 is 0 Å². The number of piperazine rings is 1. The number of rotatable bonds is 7. The molecule has 0 N–H and O–H groups in total. The summed E-state index contributed by atoms with van der Waals surface area (Å²) in [6.07, 6.45) is 0. The van der Waals surface area contributed by atoms with Crippen LogP contribution >= 0.6 is 11.6 Å². The molecule has 1 aliphatic rings. The lowest BCUT2D eigenvalue weighted by Crippen LogP contribution is -2.58. The van der Waals surface area contributed by atoms with Crippen LogP contribution < -0.4 is 4.74 Å². The molecule has 1 unspecified atom stereocenters. The van der Waals surface area contributed by atoms with Gasteiger partial charge in [0.25, 0.3) is 5.91 Å². The van der Waals surface area contributed by atoms with Crippen LogP contribution in [-0.2, 0) is 11.3 Å². The molecule has 3 aromatic carbocycles. The van der Waals surface area contributed by atoms with E-state index in [-0.39, 0.29) is 36.3 Å². The van der Waals surface area contributed by atoms with E-state index in [0.717, 1.165) is 29.8 Å². The first-order valence-electron chi connectivity index (χ1n) is 12.1. The zero-order valence-corrected chi connectivity index (χ0v) is 21.2. The summed E-state index contributed by atoms with van der Waals surface area (Å²) < 4.78 is 19.3. The average Bonchev–Trinajstić information content (AvgIpc) is 2.86. The van der Waals surface area contributed by atoms with Crippen LogP contribution in [0.5, 0.6) is 5.75 Å². The van der Waals surface area contributed by atoms with Crippen molar-refractivity contribution in [2.75, 3.05) is 19.7 Å². The molecule has 1 aliphatic heterocycles. The van der Waals surface area contributed by atoms with Gasteiger partial charge in [-0.2, -0.15) is 0 Å². The van der Waals surface area contributed by atoms with Gasteiger partial charge in [-0.25, -0.2) is 4.39 Å². The molecule has 184 valence electrons. The summed E-state index contributed by atoms with van der Waals surface area (Å²) in [7, 11) is 0. The van der Waals surface area contributed by atoms with Gasteiger partial charge >= 0.3 is 0 Å². The number of halogens is 2. The smallest absolute Gasteiger partial charge is 0.260 e. The number of nitrogens with zero attached hydrogens (tertiary/aromatic N) is 2. The molecule has 1 amide bonds. The second-order valence-corrected chi connectivity index (χ2v) is 9.84. The predicted molar refractivity (Wildman–Crippen MR) is 138 cm³/mol. The zero-order chi connectivity index (χ0) is 24.9. The maximum absolute atomic E-state index is 13.2. The number of carbonyl (C=O) groups is 1. The van der Waals surface area contributed by atoms with Crippen LogP contribution in [0.15, 0.2) is 72.8 Å². The molecule has 0 saturated carbocycles. The van der Waals surface area contributed by atoms with Gasteiger partial charge in [0.1, 0.15) is 11.6 Å². The van der Waals surface area contributed by atoms with E-state index < -0.39 is 0 Å². The van der Waals surface area contributed by atoms with Crippen LogP contribution in [-0.4, -0.2) is 47.5 Å². The minimum Gasteiger partial charge on any atom is -0.483 e. The molecule has 1 heterocycles. The van der Waals surface area contributed by atoms with E-state index in [9.17, 15) is 9.18 Å². The van der Waals surface area contributed by atoms with Gasteiger partial charge in [0, 0.05) is 48.2 Å². The third-order valence-corrected chi connectivity index (χ3v) is 7.06. The minimum atomic E-state index is -0.229. The highest BCUT2D eigenvalue weighted by molar-refractivity contribution is 6.30. The molecule has 35 heavy (non-hydrogen) atoms. The number of benzene rings is 3. The van der Waals surface area contributed by atoms with Crippen molar-refractivity contribution in [2.45, 2.75) is 45.3 Å². The van der Waals surface area contributed by atoms with Gasteiger partial charge in [-0.05, 0) is 55.3 Å². The fourth-order valence-corrected chi connectivity index (χ4v) is 4.90. The van der Waals surface area contributed by atoms with E-state index in [1.54, 1.807) is 6.07 Å². The van der Waals surface area contributed by atoms with Crippen molar-refractivity contribution in [3.8, 4) is 5.75 Å². The Morgan fingerprint density at radius 2 is 1.74 bits per heavy atom. The Bertz CT molecular complexity index is 1140. The van der Waals surface area contributed by atoms with Gasteiger partial charge in [-0.3, -0.25) is 9.69 Å². The Hall–Kier alpha value is -2.89. The van der Waals surface area contributed by atoms with Gasteiger partial charge in [-0.1, -0.05) is 61.0 Å². The molecule has 0 aromatic heterocycles. The maximum atomic E-state index is 13.2. The van der Waals surface area contributed by atoms with Crippen LogP contribution in [0.2, 0.25) is 5.02 Å². The van der Waals surface area contributed by atoms with Crippen LogP contribution in [0.1, 0.15) is 43.4 Å². The van der Waals surface area contributed by atoms with Crippen molar-refractivity contribution in [2.24, 2.45) is 0 Å². The normalized spacial score (nSPS) is 19.4. The fourth-order valence-electron chi connectivity index (χ4n) is 4.72. The predicted octanol–water partition coefficient (Wildman–Crippen LogP) is 6.13. The Labute approximate surface area is 212 Å². The highest BCUT2D eigenvalue weighted by Gasteiger charge is 2.32. The van der Waals surface area contributed by atoms with Crippen LogP contribution in [0.25, 0.3) is 0 Å². The molecule has 4 nitrogen and oxygen atoms in total. The summed E-state index contributed by atoms with van der Waals surface area (Å²) in [4.78, 5) is 17.4. The standard InChI is InChI=1S/C29H32ClFN2O2/c1-20-17-33(21(2)16-32(20)18-23-9-12-26(31)13-10-23)29(34)19-35-28-14-11-25(30)15-27(28)22(3)24-7-5-4-6-8-24/h4-15,20-22H,16-19H2,1-3H3/t20-,21+,22?/m0/s1. The van der Waals surface area contributed by atoms with Crippen molar-refractivity contribution in [1.82, 2.24) is 9.80 Å². The highest BCUT2D eigenvalue weighted by Crippen LogP contribution is 2.34. The molecule has 0 aliphatic carbocycles. The van der Waals surface area contributed by atoms with Crippen LogP contribution in [0.3, 0.4) is 0 Å². The third-order valence-electron chi connectivity index (χ3n) is 6.82. The molecular weight excluding hydrogens is 463 g/mol. The fraction of sp³-hybridized carbons (Fsp3) is 0.345. The van der Waals surface area contributed by atoms with Gasteiger partial charge in [-0.15, -0.1) is 0 Å². The quantitative estimate of drug-likeness (QED) is 0.396. The van der Waals surface area contributed by atoms with Gasteiger partial charge < -0.3 is 9.64 Å².